The maximum absolute atomic E-state index is 11.8. The summed E-state index contributed by atoms with van der Waals surface area (Å²) >= 11 is 1.25. The van der Waals surface area contributed by atoms with E-state index in [9.17, 15) is 9.90 Å². The fraction of sp³-hybridized carbons (Fsp3) is 0.412. The van der Waals surface area contributed by atoms with Gasteiger partial charge >= 0.3 is 5.97 Å². The van der Waals surface area contributed by atoms with Crippen LogP contribution in [0.1, 0.15) is 28.1 Å². The Morgan fingerprint density at radius 3 is 3.08 bits per heavy atom. The van der Waals surface area contributed by atoms with Crippen molar-refractivity contribution in [1.82, 2.24) is 10.3 Å². The number of aromatic nitrogens is 1. The van der Waals surface area contributed by atoms with Crippen LogP contribution < -0.4 is 10.1 Å². The zero-order valence-corrected chi connectivity index (χ0v) is 14.3. The number of esters is 1. The molecule has 2 aromatic heterocycles. The van der Waals surface area contributed by atoms with Crippen molar-refractivity contribution in [3.8, 4) is 16.9 Å². The number of nitrogens with one attached hydrogen (secondary N) is 1. The van der Waals surface area contributed by atoms with Gasteiger partial charge in [-0.15, -0.1) is 11.3 Å². The van der Waals surface area contributed by atoms with Crippen LogP contribution in [-0.4, -0.2) is 42.4 Å². The largest absolute Gasteiger partial charge is 0.490 e. The number of thiophene rings is 1. The molecule has 0 aliphatic carbocycles. The molecular weight excluding hydrogens is 328 g/mol. The highest BCUT2D eigenvalue weighted by Gasteiger charge is 2.20. The molecule has 6 nitrogen and oxygen atoms in total. The molecule has 0 aromatic carbocycles. The Balaban J connectivity index is 1.80. The summed E-state index contributed by atoms with van der Waals surface area (Å²) in [6, 6.07) is 2.26. The van der Waals surface area contributed by atoms with E-state index in [-0.39, 0.29) is 6.61 Å². The van der Waals surface area contributed by atoms with Crippen molar-refractivity contribution in [1.29, 1.82) is 0 Å². The molecule has 0 saturated carbocycles. The molecule has 1 aliphatic heterocycles. The SMILES string of the molecule is COC(=O)c1scc(-c2cncc(OC[C@@H]3CCCN3)c2)c1CO. The van der Waals surface area contributed by atoms with Crippen LogP contribution in [0.4, 0.5) is 0 Å². The first-order valence-corrected chi connectivity index (χ1v) is 8.72. The predicted molar refractivity (Wildman–Crippen MR) is 91.3 cm³/mol. The smallest absolute Gasteiger partial charge is 0.348 e. The number of carbonyl (C=O) groups excluding carboxylic acids is 1. The number of rotatable bonds is 6. The van der Waals surface area contributed by atoms with Crippen LogP contribution in [0.15, 0.2) is 23.8 Å². The van der Waals surface area contributed by atoms with Crippen molar-refractivity contribution in [3.63, 3.8) is 0 Å². The minimum atomic E-state index is -0.442. The van der Waals surface area contributed by atoms with Gasteiger partial charge in [0.15, 0.2) is 0 Å². The van der Waals surface area contributed by atoms with Crippen LogP contribution in [0.5, 0.6) is 5.75 Å². The first kappa shape index (κ1) is 16.9. The van der Waals surface area contributed by atoms with E-state index in [1.165, 1.54) is 24.9 Å². The average Bonchev–Trinajstić information content (AvgIpc) is 3.28. The molecule has 3 heterocycles. The molecule has 0 unspecified atom stereocenters. The number of aliphatic hydroxyl groups excluding tert-OH is 1. The van der Waals surface area contributed by atoms with Crippen molar-refractivity contribution in [3.05, 3.63) is 34.3 Å². The summed E-state index contributed by atoms with van der Waals surface area (Å²) in [5.74, 6) is 0.235. The number of pyridine rings is 1. The second-order valence-electron chi connectivity index (χ2n) is 5.62. The van der Waals surface area contributed by atoms with Gasteiger partial charge in [-0.1, -0.05) is 0 Å². The lowest BCUT2D eigenvalue weighted by atomic mass is 10.0. The molecule has 0 radical (unpaired) electrons. The van der Waals surface area contributed by atoms with E-state index in [1.54, 1.807) is 12.4 Å². The fourth-order valence-corrected chi connectivity index (χ4v) is 3.80. The Morgan fingerprint density at radius 2 is 2.38 bits per heavy atom. The van der Waals surface area contributed by atoms with E-state index in [2.05, 4.69) is 10.3 Å². The van der Waals surface area contributed by atoms with Crippen molar-refractivity contribution >= 4 is 17.3 Å². The van der Waals surface area contributed by atoms with Crippen LogP contribution in [-0.2, 0) is 11.3 Å². The van der Waals surface area contributed by atoms with Crippen molar-refractivity contribution in [2.45, 2.75) is 25.5 Å². The number of nitrogens with zero attached hydrogens (tertiary/aromatic N) is 1. The molecule has 0 bridgehead atoms. The summed E-state index contributed by atoms with van der Waals surface area (Å²) < 4.78 is 10.6. The molecule has 1 atom stereocenters. The molecule has 1 saturated heterocycles. The Bertz CT molecular complexity index is 710. The molecule has 128 valence electrons. The zero-order valence-electron chi connectivity index (χ0n) is 13.4. The van der Waals surface area contributed by atoms with Gasteiger partial charge in [-0.05, 0) is 30.8 Å². The standard InChI is InChI=1S/C17H20N2O4S/c1-22-17(21)16-14(8-20)15(10-24-16)11-5-13(7-18-6-11)23-9-12-3-2-4-19-12/h5-7,10,12,19-20H,2-4,8-9H2,1H3/t12-/m0/s1. The minimum absolute atomic E-state index is 0.236. The van der Waals surface area contributed by atoms with Crippen LogP contribution in [0.3, 0.4) is 0 Å². The Hall–Kier alpha value is -1.96. The highest BCUT2D eigenvalue weighted by Crippen LogP contribution is 2.33. The van der Waals surface area contributed by atoms with Crippen LogP contribution in [0.25, 0.3) is 11.1 Å². The number of methoxy groups -OCH3 is 1. The van der Waals surface area contributed by atoms with Gasteiger partial charge in [-0.3, -0.25) is 4.98 Å². The molecule has 0 amide bonds. The van der Waals surface area contributed by atoms with E-state index in [0.717, 1.165) is 24.1 Å². The van der Waals surface area contributed by atoms with Crippen LogP contribution in [0.2, 0.25) is 0 Å². The van der Waals surface area contributed by atoms with Gasteiger partial charge < -0.3 is 19.9 Å². The quantitative estimate of drug-likeness (QED) is 0.779. The average molecular weight is 348 g/mol. The number of carbonyl (C=O) groups is 1. The molecule has 24 heavy (non-hydrogen) atoms. The number of aliphatic hydroxyl groups is 1. The van der Waals surface area contributed by atoms with Gasteiger partial charge in [0.05, 0.1) is 19.9 Å². The Morgan fingerprint density at radius 1 is 1.50 bits per heavy atom. The second-order valence-corrected chi connectivity index (χ2v) is 6.50. The lowest BCUT2D eigenvalue weighted by Crippen LogP contribution is -2.28. The lowest BCUT2D eigenvalue weighted by molar-refractivity contribution is 0.0603. The summed E-state index contributed by atoms with van der Waals surface area (Å²) in [7, 11) is 1.33. The summed E-state index contributed by atoms with van der Waals surface area (Å²) in [4.78, 5) is 16.4. The second kappa shape index (κ2) is 7.74. The molecule has 2 aromatic rings. The highest BCUT2D eigenvalue weighted by molar-refractivity contribution is 7.12. The summed E-state index contributed by atoms with van der Waals surface area (Å²) in [5.41, 5.74) is 2.14. The lowest BCUT2D eigenvalue weighted by Gasteiger charge is -2.12. The third kappa shape index (κ3) is 3.58. The number of hydrogen-bond acceptors (Lipinski definition) is 7. The zero-order chi connectivity index (χ0) is 16.9. The molecule has 7 heteroatoms. The van der Waals surface area contributed by atoms with Gasteiger partial charge in [0.1, 0.15) is 17.2 Å². The van der Waals surface area contributed by atoms with Crippen molar-refractivity contribution in [2.24, 2.45) is 0 Å². The van der Waals surface area contributed by atoms with Gasteiger partial charge in [0.2, 0.25) is 0 Å². The van der Waals surface area contributed by atoms with Crippen LogP contribution in [0, 0.1) is 0 Å². The van der Waals surface area contributed by atoms with Gasteiger partial charge in [-0.25, -0.2) is 4.79 Å². The van der Waals surface area contributed by atoms with Gasteiger partial charge in [-0.2, -0.15) is 0 Å². The Labute approximate surface area is 144 Å². The van der Waals surface area contributed by atoms with E-state index < -0.39 is 5.97 Å². The van der Waals surface area contributed by atoms with E-state index in [4.69, 9.17) is 9.47 Å². The minimum Gasteiger partial charge on any atom is -0.490 e. The first-order chi connectivity index (χ1) is 11.7. The molecule has 2 N–H and O–H groups in total. The molecule has 1 aliphatic rings. The van der Waals surface area contributed by atoms with E-state index in [0.29, 0.717) is 28.8 Å². The molecule has 0 spiro atoms. The summed E-state index contributed by atoms with van der Waals surface area (Å²) in [6.07, 6.45) is 5.67. The topological polar surface area (TPSA) is 80.7 Å². The normalized spacial score (nSPS) is 17.0. The van der Waals surface area contributed by atoms with Crippen molar-refractivity contribution < 1.29 is 19.4 Å². The third-order valence-corrected chi connectivity index (χ3v) is 5.06. The van der Waals surface area contributed by atoms with Crippen molar-refractivity contribution in [2.75, 3.05) is 20.3 Å². The Kier molecular flexibility index (Phi) is 5.44. The monoisotopic (exact) mass is 348 g/mol. The fourth-order valence-electron chi connectivity index (χ4n) is 2.79. The molecule has 1 fully saturated rings. The highest BCUT2D eigenvalue weighted by atomic mass is 32.1. The maximum Gasteiger partial charge on any atom is 0.348 e. The van der Waals surface area contributed by atoms with E-state index in [1.807, 2.05) is 11.4 Å². The third-order valence-electron chi connectivity index (χ3n) is 4.06. The van der Waals surface area contributed by atoms with Gasteiger partial charge in [0, 0.05) is 28.9 Å². The molecular formula is C17H20N2O4S. The maximum atomic E-state index is 11.8. The van der Waals surface area contributed by atoms with E-state index >= 15 is 0 Å². The summed E-state index contributed by atoms with van der Waals surface area (Å²) in [5, 5.41) is 14.9. The molecule has 3 rings (SSSR count). The van der Waals surface area contributed by atoms with Gasteiger partial charge in [0.25, 0.3) is 0 Å². The number of ether oxygens (including phenoxy) is 2. The predicted octanol–water partition coefficient (Wildman–Crippen LogP) is 2.22. The first-order valence-electron chi connectivity index (χ1n) is 7.84. The van der Waals surface area contributed by atoms with Crippen LogP contribution >= 0.6 is 11.3 Å². The number of hydrogen-bond donors (Lipinski definition) is 2. The summed E-state index contributed by atoms with van der Waals surface area (Å²) in [6.45, 7) is 1.41.